The summed E-state index contributed by atoms with van der Waals surface area (Å²) in [4.78, 5) is 24.7. The van der Waals surface area contributed by atoms with Crippen molar-refractivity contribution in [3.63, 3.8) is 0 Å². The van der Waals surface area contributed by atoms with Crippen LogP contribution in [0.1, 0.15) is 56.5 Å². The number of aryl methyl sites for hydroxylation is 1. The second kappa shape index (κ2) is 7.56. The van der Waals surface area contributed by atoms with E-state index in [1.54, 1.807) is 19.2 Å². The molecule has 1 atom stereocenters. The van der Waals surface area contributed by atoms with Crippen LogP contribution in [0.2, 0.25) is 0 Å². The number of alkyl carbamates (subject to hydrolysis) is 1. The van der Waals surface area contributed by atoms with Gasteiger partial charge in [0.2, 0.25) is 0 Å². The highest BCUT2D eigenvalue weighted by Crippen LogP contribution is 2.39. The molecule has 1 saturated carbocycles. The van der Waals surface area contributed by atoms with E-state index in [2.05, 4.69) is 10.6 Å². The fourth-order valence-corrected chi connectivity index (χ4v) is 2.87. The standard InChI is InChI=1S/C20H30N2O4/c1-13-7-8-14(11-16(13)25-6)17(23)22-20(5,15-9-10-15)12-21-18(24)26-19(2,3)4/h7-8,11,15H,9-10,12H2,1-6H3,(H,21,24)(H,22,23). The predicted molar refractivity (Wildman–Crippen MR) is 101 cm³/mol. The van der Waals surface area contributed by atoms with Crippen LogP contribution >= 0.6 is 0 Å². The lowest BCUT2D eigenvalue weighted by Gasteiger charge is -2.32. The molecule has 1 aliphatic rings. The first-order valence-electron chi connectivity index (χ1n) is 8.98. The van der Waals surface area contributed by atoms with Gasteiger partial charge in [-0.05, 0) is 71.1 Å². The first-order valence-corrected chi connectivity index (χ1v) is 8.98. The van der Waals surface area contributed by atoms with Gasteiger partial charge in [-0.3, -0.25) is 4.79 Å². The zero-order valence-electron chi connectivity index (χ0n) is 16.6. The van der Waals surface area contributed by atoms with Gasteiger partial charge in [0, 0.05) is 12.1 Å². The van der Waals surface area contributed by atoms with Gasteiger partial charge in [0.1, 0.15) is 11.4 Å². The zero-order valence-corrected chi connectivity index (χ0v) is 16.6. The van der Waals surface area contributed by atoms with Gasteiger partial charge in [-0.1, -0.05) is 6.07 Å². The molecule has 1 unspecified atom stereocenters. The summed E-state index contributed by atoms with van der Waals surface area (Å²) in [6.45, 7) is 9.67. The van der Waals surface area contributed by atoms with Gasteiger partial charge < -0.3 is 20.1 Å². The second-order valence-electron chi connectivity index (χ2n) is 8.19. The molecule has 1 aromatic carbocycles. The lowest BCUT2D eigenvalue weighted by atomic mass is 9.95. The molecule has 1 fully saturated rings. The summed E-state index contributed by atoms with van der Waals surface area (Å²) < 4.78 is 10.6. The third-order valence-corrected chi connectivity index (χ3v) is 4.55. The topological polar surface area (TPSA) is 76.7 Å². The van der Waals surface area contributed by atoms with Crippen molar-refractivity contribution < 1.29 is 19.1 Å². The first kappa shape index (κ1) is 20.1. The molecular weight excluding hydrogens is 332 g/mol. The van der Waals surface area contributed by atoms with Crippen molar-refractivity contribution in [2.75, 3.05) is 13.7 Å². The summed E-state index contributed by atoms with van der Waals surface area (Å²) in [7, 11) is 1.59. The molecule has 1 aromatic rings. The molecule has 0 radical (unpaired) electrons. The van der Waals surface area contributed by atoms with E-state index >= 15 is 0 Å². The Kier molecular flexibility index (Phi) is 5.84. The fourth-order valence-electron chi connectivity index (χ4n) is 2.87. The molecule has 0 heterocycles. The van der Waals surface area contributed by atoms with Crippen LogP contribution in [-0.2, 0) is 4.74 Å². The Morgan fingerprint density at radius 2 is 1.85 bits per heavy atom. The molecule has 0 saturated heterocycles. The Morgan fingerprint density at radius 1 is 1.19 bits per heavy atom. The number of methoxy groups -OCH3 is 1. The van der Waals surface area contributed by atoms with Crippen molar-refractivity contribution in [1.82, 2.24) is 10.6 Å². The molecule has 2 rings (SSSR count). The Morgan fingerprint density at radius 3 is 2.38 bits per heavy atom. The quantitative estimate of drug-likeness (QED) is 0.813. The number of benzene rings is 1. The summed E-state index contributed by atoms with van der Waals surface area (Å²) in [6, 6.07) is 5.38. The van der Waals surface area contributed by atoms with Crippen LogP contribution in [0.3, 0.4) is 0 Å². The van der Waals surface area contributed by atoms with Crippen molar-refractivity contribution in [2.24, 2.45) is 5.92 Å². The Labute approximate surface area is 155 Å². The molecule has 26 heavy (non-hydrogen) atoms. The number of nitrogens with one attached hydrogen (secondary N) is 2. The van der Waals surface area contributed by atoms with Crippen molar-refractivity contribution in [3.8, 4) is 5.75 Å². The summed E-state index contributed by atoms with van der Waals surface area (Å²) in [5.41, 5.74) is 0.436. The summed E-state index contributed by atoms with van der Waals surface area (Å²) in [6.07, 6.45) is 1.59. The average molecular weight is 362 g/mol. The third-order valence-electron chi connectivity index (χ3n) is 4.55. The monoisotopic (exact) mass is 362 g/mol. The molecule has 0 bridgehead atoms. The molecule has 0 spiro atoms. The van der Waals surface area contributed by atoms with Gasteiger partial charge in [-0.15, -0.1) is 0 Å². The minimum absolute atomic E-state index is 0.177. The number of hydrogen-bond acceptors (Lipinski definition) is 4. The summed E-state index contributed by atoms with van der Waals surface area (Å²) in [5, 5.41) is 5.88. The minimum Gasteiger partial charge on any atom is -0.496 e. The van der Waals surface area contributed by atoms with Crippen molar-refractivity contribution >= 4 is 12.0 Å². The van der Waals surface area contributed by atoms with Crippen LogP contribution in [0.5, 0.6) is 5.75 Å². The number of ether oxygens (including phenoxy) is 2. The van der Waals surface area contributed by atoms with Gasteiger partial charge in [0.15, 0.2) is 0 Å². The zero-order chi connectivity index (χ0) is 19.5. The highest BCUT2D eigenvalue weighted by molar-refractivity contribution is 5.95. The molecule has 0 aromatic heterocycles. The van der Waals surface area contributed by atoms with Crippen molar-refractivity contribution in [3.05, 3.63) is 29.3 Å². The predicted octanol–water partition coefficient (Wildman–Crippen LogP) is 3.43. The number of rotatable bonds is 6. The molecule has 0 aliphatic heterocycles. The van der Waals surface area contributed by atoms with Gasteiger partial charge >= 0.3 is 6.09 Å². The molecule has 6 heteroatoms. The van der Waals surface area contributed by atoms with E-state index in [9.17, 15) is 9.59 Å². The highest BCUT2D eigenvalue weighted by atomic mass is 16.6. The number of amides is 2. The first-order chi connectivity index (χ1) is 12.0. The van der Waals surface area contributed by atoms with E-state index in [-0.39, 0.29) is 5.91 Å². The molecule has 1 aliphatic carbocycles. The average Bonchev–Trinajstić information content (AvgIpc) is 3.37. The van der Waals surface area contributed by atoms with E-state index in [4.69, 9.17) is 9.47 Å². The highest BCUT2D eigenvalue weighted by Gasteiger charge is 2.43. The fraction of sp³-hybridized carbons (Fsp3) is 0.600. The van der Waals surface area contributed by atoms with Crippen LogP contribution < -0.4 is 15.4 Å². The van der Waals surface area contributed by atoms with E-state index in [0.29, 0.717) is 23.8 Å². The minimum atomic E-state index is -0.554. The van der Waals surface area contributed by atoms with Gasteiger partial charge in [-0.25, -0.2) is 4.79 Å². The maximum absolute atomic E-state index is 12.7. The Bertz CT molecular complexity index is 677. The van der Waals surface area contributed by atoms with Gasteiger partial charge in [0.05, 0.1) is 12.6 Å². The van der Waals surface area contributed by atoms with Crippen molar-refractivity contribution in [2.45, 2.75) is 58.6 Å². The lowest BCUT2D eigenvalue weighted by molar-refractivity contribution is 0.0502. The summed E-state index contributed by atoms with van der Waals surface area (Å²) in [5.74, 6) is 0.843. The van der Waals surface area contributed by atoms with Crippen LogP contribution in [0.25, 0.3) is 0 Å². The SMILES string of the molecule is COc1cc(C(=O)NC(C)(CNC(=O)OC(C)(C)C)C2CC2)ccc1C. The van der Waals surface area contributed by atoms with Gasteiger partial charge in [-0.2, -0.15) is 0 Å². The maximum Gasteiger partial charge on any atom is 0.407 e. The third kappa shape index (κ3) is 5.38. The molecular formula is C20H30N2O4. The van der Waals surface area contributed by atoms with Crippen LogP contribution in [-0.4, -0.2) is 36.8 Å². The molecule has 6 nitrogen and oxygen atoms in total. The largest absolute Gasteiger partial charge is 0.496 e. The molecule has 2 N–H and O–H groups in total. The van der Waals surface area contributed by atoms with Crippen LogP contribution in [0, 0.1) is 12.8 Å². The number of carbonyl (C=O) groups excluding carboxylic acids is 2. The smallest absolute Gasteiger partial charge is 0.407 e. The van der Waals surface area contributed by atoms with Gasteiger partial charge in [0.25, 0.3) is 5.91 Å². The van der Waals surface area contributed by atoms with E-state index in [1.807, 2.05) is 40.7 Å². The second-order valence-corrected chi connectivity index (χ2v) is 8.19. The van der Waals surface area contributed by atoms with Crippen molar-refractivity contribution in [1.29, 1.82) is 0 Å². The molecule has 144 valence electrons. The lowest BCUT2D eigenvalue weighted by Crippen LogP contribution is -2.55. The summed E-state index contributed by atoms with van der Waals surface area (Å²) >= 11 is 0. The van der Waals surface area contributed by atoms with E-state index < -0.39 is 17.2 Å². The maximum atomic E-state index is 12.7. The normalized spacial score (nSPS) is 16.4. The Balaban J connectivity index is 2.05. The Hall–Kier alpha value is -2.24. The number of carbonyl (C=O) groups is 2. The van der Waals surface area contributed by atoms with Crippen LogP contribution in [0.4, 0.5) is 4.79 Å². The van der Waals surface area contributed by atoms with Crippen LogP contribution in [0.15, 0.2) is 18.2 Å². The number of hydrogen-bond donors (Lipinski definition) is 2. The van der Waals surface area contributed by atoms with E-state index in [1.165, 1.54) is 0 Å². The molecule has 2 amide bonds. The van der Waals surface area contributed by atoms with E-state index in [0.717, 1.165) is 18.4 Å².